The molecule has 3 heteroatoms. The van der Waals surface area contributed by atoms with Crippen LogP contribution in [0.4, 0.5) is 0 Å². The van der Waals surface area contributed by atoms with E-state index < -0.39 is 0 Å². The third-order valence-corrected chi connectivity index (χ3v) is 4.18. The number of carbonyl (C=O) groups is 1. The standard InChI is InChI=1S/C16H22BrNO/c1-12-9-13(2)11-14(10-12)16(19)18(8-7-17)15-5-3-4-6-15/h9-11,15H,3-8H2,1-2H3. The van der Waals surface area contributed by atoms with Crippen molar-refractivity contribution in [2.24, 2.45) is 0 Å². The highest BCUT2D eigenvalue weighted by atomic mass is 79.9. The van der Waals surface area contributed by atoms with Crippen molar-refractivity contribution in [2.45, 2.75) is 45.6 Å². The first kappa shape index (κ1) is 14.6. The number of hydrogen-bond acceptors (Lipinski definition) is 1. The number of amides is 1. The summed E-state index contributed by atoms with van der Waals surface area (Å²) in [6.45, 7) is 4.90. The van der Waals surface area contributed by atoms with E-state index in [1.807, 2.05) is 26.0 Å². The van der Waals surface area contributed by atoms with Crippen LogP contribution in [0, 0.1) is 13.8 Å². The summed E-state index contributed by atoms with van der Waals surface area (Å²) in [7, 11) is 0. The summed E-state index contributed by atoms with van der Waals surface area (Å²) in [5.74, 6) is 0.193. The van der Waals surface area contributed by atoms with Crippen molar-refractivity contribution < 1.29 is 4.79 Å². The first-order valence-corrected chi connectivity index (χ1v) is 8.19. The van der Waals surface area contributed by atoms with Gasteiger partial charge in [0.2, 0.25) is 0 Å². The van der Waals surface area contributed by atoms with Crippen molar-refractivity contribution in [3.05, 3.63) is 34.9 Å². The Morgan fingerprint density at radius 2 is 1.79 bits per heavy atom. The zero-order valence-electron chi connectivity index (χ0n) is 11.8. The minimum absolute atomic E-state index is 0.193. The summed E-state index contributed by atoms with van der Waals surface area (Å²) in [6.07, 6.45) is 4.82. The number of halogens is 1. The van der Waals surface area contributed by atoms with Crippen molar-refractivity contribution in [3.8, 4) is 0 Å². The van der Waals surface area contributed by atoms with Gasteiger partial charge >= 0.3 is 0 Å². The molecule has 0 unspecified atom stereocenters. The Morgan fingerprint density at radius 1 is 1.21 bits per heavy atom. The molecule has 19 heavy (non-hydrogen) atoms. The van der Waals surface area contributed by atoms with Crippen LogP contribution in [0.1, 0.15) is 47.2 Å². The van der Waals surface area contributed by atoms with Crippen LogP contribution >= 0.6 is 15.9 Å². The monoisotopic (exact) mass is 323 g/mol. The van der Waals surface area contributed by atoms with Crippen LogP contribution in [-0.4, -0.2) is 28.7 Å². The molecule has 0 radical (unpaired) electrons. The van der Waals surface area contributed by atoms with Gasteiger partial charge in [0.1, 0.15) is 0 Å². The number of rotatable bonds is 4. The molecule has 2 nitrogen and oxygen atoms in total. The Morgan fingerprint density at radius 3 is 2.32 bits per heavy atom. The van der Waals surface area contributed by atoms with Gasteiger partial charge in [-0.3, -0.25) is 4.79 Å². The van der Waals surface area contributed by atoms with Gasteiger partial charge in [0.25, 0.3) is 5.91 Å². The maximum absolute atomic E-state index is 12.7. The Labute approximate surface area is 124 Å². The second-order valence-corrected chi connectivity index (χ2v) is 6.30. The fourth-order valence-corrected chi connectivity index (χ4v) is 3.40. The second-order valence-electron chi connectivity index (χ2n) is 5.50. The molecule has 1 aromatic rings. The Balaban J connectivity index is 2.22. The lowest BCUT2D eigenvalue weighted by molar-refractivity contribution is 0.0696. The molecular formula is C16H22BrNO. The fourth-order valence-electron chi connectivity index (χ4n) is 3.02. The van der Waals surface area contributed by atoms with Crippen LogP contribution in [0.5, 0.6) is 0 Å². The number of carbonyl (C=O) groups excluding carboxylic acids is 1. The first-order chi connectivity index (χ1) is 9.11. The molecule has 104 valence electrons. The van der Waals surface area contributed by atoms with E-state index in [9.17, 15) is 4.79 Å². The number of benzene rings is 1. The fraction of sp³-hybridized carbons (Fsp3) is 0.562. The van der Waals surface area contributed by atoms with E-state index in [0.29, 0.717) is 6.04 Å². The highest BCUT2D eigenvalue weighted by molar-refractivity contribution is 9.09. The summed E-state index contributed by atoms with van der Waals surface area (Å²) in [5.41, 5.74) is 3.16. The Kier molecular flexibility index (Phi) is 5.03. The Hall–Kier alpha value is -0.830. The first-order valence-electron chi connectivity index (χ1n) is 7.07. The molecular weight excluding hydrogens is 302 g/mol. The molecule has 1 fully saturated rings. The molecule has 1 aliphatic carbocycles. The topological polar surface area (TPSA) is 20.3 Å². The van der Waals surface area contributed by atoms with Crippen molar-refractivity contribution in [3.63, 3.8) is 0 Å². The summed E-state index contributed by atoms with van der Waals surface area (Å²) < 4.78 is 0. The Bertz CT molecular complexity index is 432. The lowest BCUT2D eigenvalue weighted by Crippen LogP contribution is -2.40. The maximum Gasteiger partial charge on any atom is 0.254 e. The number of hydrogen-bond donors (Lipinski definition) is 0. The summed E-state index contributed by atoms with van der Waals surface area (Å²) in [4.78, 5) is 14.8. The van der Waals surface area contributed by atoms with E-state index in [0.717, 1.165) is 41.4 Å². The van der Waals surface area contributed by atoms with Crippen LogP contribution in [0.25, 0.3) is 0 Å². The second kappa shape index (κ2) is 6.56. The van der Waals surface area contributed by atoms with Gasteiger partial charge in [-0.2, -0.15) is 0 Å². The minimum atomic E-state index is 0.193. The van der Waals surface area contributed by atoms with Crippen LogP contribution in [0.2, 0.25) is 0 Å². The van der Waals surface area contributed by atoms with E-state index in [1.54, 1.807) is 0 Å². The van der Waals surface area contributed by atoms with Gasteiger partial charge in [-0.25, -0.2) is 0 Å². The van der Waals surface area contributed by atoms with Crippen molar-refractivity contribution >= 4 is 21.8 Å². The minimum Gasteiger partial charge on any atom is -0.335 e. The van der Waals surface area contributed by atoms with Gasteiger partial charge in [-0.05, 0) is 38.8 Å². The quantitative estimate of drug-likeness (QED) is 0.764. The molecule has 0 saturated heterocycles. The van der Waals surface area contributed by atoms with E-state index in [1.165, 1.54) is 12.8 Å². The van der Waals surface area contributed by atoms with Crippen LogP contribution < -0.4 is 0 Å². The number of aryl methyl sites for hydroxylation is 2. The molecule has 0 atom stereocenters. The van der Waals surface area contributed by atoms with Gasteiger partial charge in [-0.15, -0.1) is 0 Å². The number of nitrogens with zero attached hydrogens (tertiary/aromatic N) is 1. The van der Waals surface area contributed by atoms with Gasteiger partial charge in [0, 0.05) is 23.5 Å². The zero-order valence-corrected chi connectivity index (χ0v) is 13.4. The largest absolute Gasteiger partial charge is 0.335 e. The van der Waals surface area contributed by atoms with Crippen molar-refractivity contribution in [1.29, 1.82) is 0 Å². The maximum atomic E-state index is 12.7. The average molecular weight is 324 g/mol. The van der Waals surface area contributed by atoms with Crippen LogP contribution in [0.15, 0.2) is 18.2 Å². The lowest BCUT2D eigenvalue weighted by atomic mass is 10.1. The third-order valence-electron chi connectivity index (χ3n) is 3.82. The highest BCUT2D eigenvalue weighted by Gasteiger charge is 2.26. The molecule has 1 aliphatic rings. The molecule has 1 aromatic carbocycles. The van der Waals surface area contributed by atoms with E-state index in [-0.39, 0.29) is 5.91 Å². The molecule has 0 aliphatic heterocycles. The van der Waals surface area contributed by atoms with Crippen molar-refractivity contribution in [2.75, 3.05) is 11.9 Å². The molecule has 1 amide bonds. The normalized spacial score (nSPS) is 15.7. The molecule has 0 aromatic heterocycles. The predicted molar refractivity (Wildman–Crippen MR) is 83.0 cm³/mol. The average Bonchev–Trinajstić information content (AvgIpc) is 2.87. The third kappa shape index (κ3) is 3.59. The summed E-state index contributed by atoms with van der Waals surface area (Å²) >= 11 is 3.47. The summed E-state index contributed by atoms with van der Waals surface area (Å²) in [5, 5.41) is 0.847. The van der Waals surface area contributed by atoms with Gasteiger partial charge < -0.3 is 4.90 Å². The molecule has 0 bridgehead atoms. The summed E-state index contributed by atoms with van der Waals surface area (Å²) in [6, 6.07) is 6.56. The SMILES string of the molecule is Cc1cc(C)cc(C(=O)N(CCBr)C2CCCC2)c1. The lowest BCUT2D eigenvalue weighted by Gasteiger charge is -2.28. The highest BCUT2D eigenvalue weighted by Crippen LogP contribution is 2.25. The molecule has 0 heterocycles. The van der Waals surface area contributed by atoms with Crippen molar-refractivity contribution in [1.82, 2.24) is 4.90 Å². The van der Waals surface area contributed by atoms with Gasteiger partial charge in [0.15, 0.2) is 0 Å². The van der Waals surface area contributed by atoms with Crippen LogP contribution in [-0.2, 0) is 0 Å². The smallest absolute Gasteiger partial charge is 0.254 e. The van der Waals surface area contributed by atoms with E-state index in [4.69, 9.17) is 0 Å². The number of alkyl halides is 1. The molecule has 0 spiro atoms. The van der Waals surface area contributed by atoms with Crippen LogP contribution in [0.3, 0.4) is 0 Å². The van der Waals surface area contributed by atoms with E-state index >= 15 is 0 Å². The zero-order chi connectivity index (χ0) is 13.8. The van der Waals surface area contributed by atoms with Gasteiger partial charge in [0.05, 0.1) is 0 Å². The predicted octanol–water partition coefficient (Wildman–Crippen LogP) is 4.08. The van der Waals surface area contributed by atoms with E-state index in [2.05, 4.69) is 26.9 Å². The van der Waals surface area contributed by atoms with Gasteiger partial charge in [-0.1, -0.05) is 46.0 Å². The molecule has 2 rings (SSSR count). The molecule has 1 saturated carbocycles. The molecule has 0 N–H and O–H groups in total.